The zero-order chi connectivity index (χ0) is 12.2. The molecular weight excluding hydrogens is 200 g/mol. The standard InChI is InChI=1S/C13H22N2O/c1-10(14)9-15-13(2,3)11-7-5-6-8-12(11)16-4/h5-8,10,15H,9,14H2,1-4H3. The van der Waals surface area contributed by atoms with Crippen molar-refractivity contribution in [2.75, 3.05) is 13.7 Å². The highest BCUT2D eigenvalue weighted by molar-refractivity contribution is 5.38. The first kappa shape index (κ1) is 13.0. The highest BCUT2D eigenvalue weighted by Gasteiger charge is 2.23. The van der Waals surface area contributed by atoms with Crippen LogP contribution in [0.2, 0.25) is 0 Å². The fraction of sp³-hybridized carbons (Fsp3) is 0.538. The summed E-state index contributed by atoms with van der Waals surface area (Å²) >= 11 is 0. The molecule has 0 aliphatic carbocycles. The number of hydrogen-bond acceptors (Lipinski definition) is 3. The summed E-state index contributed by atoms with van der Waals surface area (Å²) in [5, 5.41) is 3.44. The van der Waals surface area contributed by atoms with E-state index in [4.69, 9.17) is 10.5 Å². The van der Waals surface area contributed by atoms with Crippen LogP contribution in [0.1, 0.15) is 26.3 Å². The Kier molecular flexibility index (Phi) is 4.33. The van der Waals surface area contributed by atoms with Crippen LogP contribution >= 0.6 is 0 Å². The Hall–Kier alpha value is -1.06. The van der Waals surface area contributed by atoms with Crippen molar-refractivity contribution in [3.05, 3.63) is 29.8 Å². The average molecular weight is 222 g/mol. The summed E-state index contributed by atoms with van der Waals surface area (Å²) < 4.78 is 5.37. The lowest BCUT2D eigenvalue weighted by Crippen LogP contribution is -2.43. The van der Waals surface area contributed by atoms with Gasteiger partial charge in [-0.3, -0.25) is 0 Å². The summed E-state index contributed by atoms with van der Waals surface area (Å²) in [5.41, 5.74) is 6.77. The normalized spacial score (nSPS) is 13.6. The van der Waals surface area contributed by atoms with E-state index in [1.807, 2.05) is 25.1 Å². The van der Waals surface area contributed by atoms with Gasteiger partial charge >= 0.3 is 0 Å². The molecule has 0 amide bonds. The van der Waals surface area contributed by atoms with E-state index < -0.39 is 0 Å². The number of rotatable bonds is 5. The summed E-state index contributed by atoms with van der Waals surface area (Å²) in [4.78, 5) is 0. The number of methoxy groups -OCH3 is 1. The van der Waals surface area contributed by atoms with Gasteiger partial charge in [0.25, 0.3) is 0 Å². The first-order valence-corrected chi connectivity index (χ1v) is 5.61. The van der Waals surface area contributed by atoms with Crippen LogP contribution in [-0.4, -0.2) is 19.7 Å². The predicted octanol–water partition coefficient (Wildman–Crippen LogP) is 1.87. The third-order valence-corrected chi connectivity index (χ3v) is 2.65. The molecule has 1 atom stereocenters. The monoisotopic (exact) mass is 222 g/mol. The van der Waals surface area contributed by atoms with Gasteiger partial charge in [0.1, 0.15) is 5.75 Å². The lowest BCUT2D eigenvalue weighted by Gasteiger charge is -2.29. The molecule has 0 aromatic heterocycles. The highest BCUT2D eigenvalue weighted by Crippen LogP contribution is 2.28. The van der Waals surface area contributed by atoms with Crippen LogP contribution in [0, 0.1) is 0 Å². The number of hydrogen-bond donors (Lipinski definition) is 2. The molecule has 1 rings (SSSR count). The van der Waals surface area contributed by atoms with Gasteiger partial charge in [-0.1, -0.05) is 18.2 Å². The van der Waals surface area contributed by atoms with Gasteiger partial charge in [0.15, 0.2) is 0 Å². The van der Waals surface area contributed by atoms with Gasteiger partial charge in [0, 0.05) is 23.7 Å². The fourth-order valence-corrected chi connectivity index (χ4v) is 1.67. The fourth-order valence-electron chi connectivity index (χ4n) is 1.67. The van der Waals surface area contributed by atoms with Crippen LogP contribution in [0.5, 0.6) is 5.75 Å². The maximum Gasteiger partial charge on any atom is 0.123 e. The second kappa shape index (κ2) is 5.32. The zero-order valence-corrected chi connectivity index (χ0v) is 10.6. The van der Waals surface area contributed by atoms with Gasteiger partial charge in [0.05, 0.1) is 7.11 Å². The molecule has 3 N–H and O–H groups in total. The molecule has 0 aliphatic heterocycles. The molecule has 0 spiro atoms. The van der Waals surface area contributed by atoms with Crippen molar-refractivity contribution in [3.63, 3.8) is 0 Å². The highest BCUT2D eigenvalue weighted by atomic mass is 16.5. The second-order valence-corrected chi connectivity index (χ2v) is 4.68. The molecule has 1 aromatic rings. The third kappa shape index (κ3) is 3.22. The quantitative estimate of drug-likeness (QED) is 0.799. The van der Waals surface area contributed by atoms with Crippen molar-refractivity contribution < 1.29 is 4.74 Å². The molecule has 16 heavy (non-hydrogen) atoms. The molecule has 0 saturated heterocycles. The number of ether oxygens (including phenoxy) is 1. The van der Waals surface area contributed by atoms with Gasteiger partial charge < -0.3 is 15.8 Å². The maximum atomic E-state index is 5.75. The Morgan fingerprint density at radius 1 is 1.38 bits per heavy atom. The van der Waals surface area contributed by atoms with Crippen LogP contribution in [0.25, 0.3) is 0 Å². The van der Waals surface area contributed by atoms with E-state index in [-0.39, 0.29) is 11.6 Å². The molecule has 0 fully saturated rings. The summed E-state index contributed by atoms with van der Waals surface area (Å²) in [7, 11) is 1.69. The van der Waals surface area contributed by atoms with Crippen LogP contribution in [0.3, 0.4) is 0 Å². The van der Waals surface area contributed by atoms with Gasteiger partial charge in [-0.05, 0) is 26.8 Å². The molecule has 1 unspecified atom stereocenters. The van der Waals surface area contributed by atoms with E-state index in [2.05, 4.69) is 25.2 Å². The van der Waals surface area contributed by atoms with E-state index in [0.29, 0.717) is 0 Å². The summed E-state index contributed by atoms with van der Waals surface area (Å²) in [6, 6.07) is 8.20. The first-order valence-electron chi connectivity index (χ1n) is 5.61. The predicted molar refractivity (Wildman–Crippen MR) is 67.7 cm³/mol. The topological polar surface area (TPSA) is 47.3 Å². The Balaban J connectivity index is 2.88. The van der Waals surface area contributed by atoms with Crippen molar-refractivity contribution >= 4 is 0 Å². The molecule has 90 valence electrons. The molecule has 1 aromatic carbocycles. The number of para-hydroxylation sites is 1. The Bertz CT molecular complexity index is 334. The van der Waals surface area contributed by atoms with Crippen LogP contribution in [0.4, 0.5) is 0 Å². The molecule has 0 bridgehead atoms. The van der Waals surface area contributed by atoms with Gasteiger partial charge in [-0.25, -0.2) is 0 Å². The van der Waals surface area contributed by atoms with Gasteiger partial charge in [0.2, 0.25) is 0 Å². The summed E-state index contributed by atoms with van der Waals surface area (Å²) in [6.07, 6.45) is 0. The number of nitrogens with two attached hydrogens (primary N) is 1. The summed E-state index contributed by atoms with van der Waals surface area (Å²) in [5.74, 6) is 0.907. The van der Waals surface area contributed by atoms with Crippen molar-refractivity contribution in [2.45, 2.75) is 32.4 Å². The van der Waals surface area contributed by atoms with E-state index in [9.17, 15) is 0 Å². The largest absolute Gasteiger partial charge is 0.496 e. The Labute approximate surface area is 98.0 Å². The second-order valence-electron chi connectivity index (χ2n) is 4.68. The molecule has 0 aliphatic rings. The van der Waals surface area contributed by atoms with Crippen molar-refractivity contribution in [1.82, 2.24) is 5.32 Å². The molecule has 3 nitrogen and oxygen atoms in total. The SMILES string of the molecule is COc1ccccc1C(C)(C)NCC(C)N. The van der Waals surface area contributed by atoms with Gasteiger partial charge in [-0.15, -0.1) is 0 Å². The Morgan fingerprint density at radius 2 is 2.00 bits per heavy atom. The zero-order valence-electron chi connectivity index (χ0n) is 10.6. The summed E-state index contributed by atoms with van der Waals surface area (Å²) in [6.45, 7) is 7.04. The number of benzene rings is 1. The van der Waals surface area contributed by atoms with Crippen LogP contribution in [-0.2, 0) is 5.54 Å². The van der Waals surface area contributed by atoms with Crippen molar-refractivity contribution in [1.29, 1.82) is 0 Å². The molecule has 0 heterocycles. The smallest absolute Gasteiger partial charge is 0.123 e. The first-order chi connectivity index (χ1) is 7.47. The average Bonchev–Trinajstić information content (AvgIpc) is 2.26. The molecule has 0 saturated carbocycles. The van der Waals surface area contributed by atoms with Gasteiger partial charge in [-0.2, -0.15) is 0 Å². The maximum absolute atomic E-state index is 5.75. The minimum Gasteiger partial charge on any atom is -0.496 e. The molecule has 0 radical (unpaired) electrons. The minimum atomic E-state index is -0.139. The Morgan fingerprint density at radius 3 is 2.56 bits per heavy atom. The van der Waals surface area contributed by atoms with Crippen LogP contribution in [0.15, 0.2) is 24.3 Å². The van der Waals surface area contributed by atoms with E-state index in [1.165, 1.54) is 0 Å². The van der Waals surface area contributed by atoms with E-state index in [1.54, 1.807) is 7.11 Å². The minimum absolute atomic E-state index is 0.139. The van der Waals surface area contributed by atoms with Crippen molar-refractivity contribution in [2.24, 2.45) is 5.73 Å². The van der Waals surface area contributed by atoms with Crippen molar-refractivity contribution in [3.8, 4) is 5.75 Å². The lowest BCUT2D eigenvalue weighted by molar-refractivity contribution is 0.354. The third-order valence-electron chi connectivity index (χ3n) is 2.65. The lowest BCUT2D eigenvalue weighted by atomic mass is 9.93. The molecular formula is C13H22N2O. The number of nitrogens with one attached hydrogen (secondary N) is 1. The van der Waals surface area contributed by atoms with E-state index in [0.717, 1.165) is 17.9 Å². The molecule has 3 heteroatoms. The van der Waals surface area contributed by atoms with Crippen LogP contribution < -0.4 is 15.8 Å². The van der Waals surface area contributed by atoms with E-state index >= 15 is 0 Å².